The number of methoxy groups -OCH3 is 1. The summed E-state index contributed by atoms with van der Waals surface area (Å²) < 4.78 is 5.19. The smallest absolute Gasteiger partial charge is 0.189 e. The summed E-state index contributed by atoms with van der Waals surface area (Å²) in [5, 5.41) is 1.72. The molecule has 0 saturated heterocycles. The van der Waals surface area contributed by atoms with Crippen LogP contribution in [-0.2, 0) is 6.42 Å². The van der Waals surface area contributed by atoms with Crippen molar-refractivity contribution in [3.63, 3.8) is 0 Å². The quantitative estimate of drug-likeness (QED) is 0.624. The Hall–Kier alpha value is -2.08. The summed E-state index contributed by atoms with van der Waals surface area (Å²) in [6.07, 6.45) is 6.73. The summed E-state index contributed by atoms with van der Waals surface area (Å²) in [6, 6.07) is 8.10. The fourth-order valence-corrected chi connectivity index (χ4v) is 2.69. The molecule has 0 spiro atoms. The first-order valence-electron chi connectivity index (χ1n) is 7.01. The average molecular weight is 314 g/mol. The minimum atomic E-state index is 0.0468. The van der Waals surface area contributed by atoms with Gasteiger partial charge in [0.1, 0.15) is 11.9 Å². The molecule has 2 heterocycles. The molecule has 1 aliphatic heterocycles. The Morgan fingerprint density at radius 3 is 2.73 bits per heavy atom. The zero-order chi connectivity index (χ0) is 15.5. The fraction of sp³-hybridized carbons (Fsp3) is 0.312. The lowest BCUT2D eigenvalue weighted by atomic mass is 10.1. The van der Waals surface area contributed by atoms with E-state index in [9.17, 15) is 0 Å². The third-order valence-electron chi connectivity index (χ3n) is 3.62. The molecule has 1 aliphatic rings. The minimum absolute atomic E-state index is 0.0468. The average Bonchev–Trinajstić information content (AvgIpc) is 2.56. The zero-order valence-corrected chi connectivity index (χ0v) is 13.7. The van der Waals surface area contributed by atoms with Gasteiger partial charge in [0.2, 0.25) is 0 Å². The molecule has 0 N–H and O–H groups in total. The van der Waals surface area contributed by atoms with Crippen LogP contribution in [0.15, 0.2) is 40.6 Å². The number of rotatable bonds is 4. The van der Waals surface area contributed by atoms with Gasteiger partial charge in [-0.25, -0.2) is 15.0 Å². The van der Waals surface area contributed by atoms with Crippen LogP contribution in [0.1, 0.15) is 5.56 Å². The highest BCUT2D eigenvalue weighted by molar-refractivity contribution is 7.98. The normalized spacial score (nSPS) is 16.5. The van der Waals surface area contributed by atoms with E-state index >= 15 is 0 Å². The molecule has 0 aliphatic carbocycles. The van der Waals surface area contributed by atoms with Crippen LogP contribution in [0.3, 0.4) is 0 Å². The van der Waals surface area contributed by atoms with Crippen LogP contribution in [0, 0.1) is 0 Å². The molecule has 0 fully saturated rings. The van der Waals surface area contributed by atoms with Crippen LogP contribution in [0.25, 0.3) is 6.20 Å². The lowest BCUT2D eigenvalue weighted by Crippen LogP contribution is -2.43. The molecule has 0 bridgehead atoms. The van der Waals surface area contributed by atoms with Gasteiger partial charge in [0.15, 0.2) is 10.6 Å². The van der Waals surface area contributed by atoms with Crippen molar-refractivity contribution in [1.29, 1.82) is 0 Å². The third-order valence-corrected chi connectivity index (χ3v) is 4.18. The molecule has 1 aromatic heterocycles. The Labute approximate surface area is 133 Å². The first-order chi connectivity index (χ1) is 10.7. The summed E-state index contributed by atoms with van der Waals surface area (Å²) in [6.45, 7) is 0. The number of hydrogen-bond donors (Lipinski definition) is 0. The van der Waals surface area contributed by atoms with E-state index in [1.54, 1.807) is 7.11 Å². The van der Waals surface area contributed by atoms with Crippen molar-refractivity contribution in [3.8, 4) is 5.75 Å². The maximum atomic E-state index is 5.19. The van der Waals surface area contributed by atoms with Gasteiger partial charge in [0, 0.05) is 25.9 Å². The van der Waals surface area contributed by atoms with Crippen LogP contribution in [0.5, 0.6) is 5.75 Å². The molecule has 5 nitrogen and oxygen atoms in total. The highest BCUT2D eigenvalue weighted by atomic mass is 32.2. The number of likely N-dealkylation sites (N-methyl/N-ethyl adjacent to an activating group) is 1. The Morgan fingerprint density at radius 2 is 2.05 bits per heavy atom. The standard InChI is InChI=1S/C16H18N4OS/c1-20-10-12-9-17-16(22-3)19-15(12)18-14(20)8-11-4-6-13(21-2)7-5-11/h4-7,9-10,14H,8H2,1-3H3. The molecular weight excluding hydrogens is 296 g/mol. The number of thioether (sulfide) groups is 1. The maximum absolute atomic E-state index is 5.19. The summed E-state index contributed by atoms with van der Waals surface area (Å²) >= 11 is 1.53. The Morgan fingerprint density at radius 1 is 1.27 bits per heavy atom. The minimum Gasteiger partial charge on any atom is -0.497 e. The molecule has 0 radical (unpaired) electrons. The van der Waals surface area contributed by atoms with E-state index in [4.69, 9.17) is 9.73 Å². The van der Waals surface area contributed by atoms with Crippen LogP contribution in [0.2, 0.25) is 0 Å². The van der Waals surface area contributed by atoms with E-state index in [0.29, 0.717) is 0 Å². The van der Waals surface area contributed by atoms with E-state index in [-0.39, 0.29) is 6.17 Å². The Balaban J connectivity index is 1.88. The van der Waals surface area contributed by atoms with Crippen molar-refractivity contribution in [2.24, 2.45) is 4.99 Å². The van der Waals surface area contributed by atoms with Gasteiger partial charge in [-0.1, -0.05) is 23.9 Å². The molecule has 0 saturated carbocycles. The highest BCUT2D eigenvalue weighted by Crippen LogP contribution is 2.15. The monoisotopic (exact) mass is 314 g/mol. The van der Waals surface area contributed by atoms with Gasteiger partial charge in [-0.3, -0.25) is 0 Å². The van der Waals surface area contributed by atoms with Gasteiger partial charge in [0.05, 0.1) is 12.3 Å². The van der Waals surface area contributed by atoms with Crippen LogP contribution in [0.4, 0.5) is 0 Å². The second kappa shape index (κ2) is 6.36. The first kappa shape index (κ1) is 14.8. The van der Waals surface area contributed by atoms with Gasteiger partial charge in [-0.05, 0) is 24.0 Å². The number of hydrogen-bond acceptors (Lipinski definition) is 6. The number of ether oxygens (including phenoxy) is 1. The summed E-state index contributed by atoms with van der Waals surface area (Å²) in [4.78, 5) is 15.7. The predicted molar refractivity (Wildman–Crippen MR) is 87.3 cm³/mol. The second-order valence-corrected chi connectivity index (χ2v) is 5.87. The molecular formula is C16H18N4OS. The van der Waals surface area contributed by atoms with Gasteiger partial charge < -0.3 is 9.64 Å². The second-order valence-electron chi connectivity index (χ2n) is 5.09. The van der Waals surface area contributed by atoms with E-state index < -0.39 is 0 Å². The molecule has 2 aromatic rings. The van der Waals surface area contributed by atoms with Gasteiger partial charge in [-0.15, -0.1) is 0 Å². The predicted octanol–water partition coefficient (Wildman–Crippen LogP) is 1.08. The maximum Gasteiger partial charge on any atom is 0.189 e. The number of benzene rings is 1. The van der Waals surface area contributed by atoms with Gasteiger partial charge >= 0.3 is 0 Å². The molecule has 3 rings (SSSR count). The van der Waals surface area contributed by atoms with Crippen molar-refractivity contribution in [1.82, 2.24) is 14.9 Å². The van der Waals surface area contributed by atoms with Crippen LogP contribution in [-0.4, -0.2) is 41.4 Å². The van der Waals surface area contributed by atoms with Crippen molar-refractivity contribution < 1.29 is 4.74 Å². The summed E-state index contributed by atoms with van der Waals surface area (Å²) in [5.41, 5.74) is 1.99. The number of fused-ring (bicyclic) bond motifs is 1. The Bertz CT molecular complexity index is 776. The summed E-state index contributed by atoms with van der Waals surface area (Å²) in [5.74, 6) is 0.868. The lowest BCUT2D eigenvalue weighted by Gasteiger charge is -2.25. The third kappa shape index (κ3) is 3.06. The summed E-state index contributed by atoms with van der Waals surface area (Å²) in [7, 11) is 3.71. The van der Waals surface area contributed by atoms with Crippen molar-refractivity contribution >= 4 is 18.0 Å². The first-order valence-corrected chi connectivity index (χ1v) is 8.23. The number of nitrogens with zero attached hydrogens (tertiary/aromatic N) is 4. The Kier molecular flexibility index (Phi) is 4.29. The SMILES string of the molecule is COc1ccc(CC2N=c3nc(SC)ncc3=CN2C)cc1. The van der Waals surface area contributed by atoms with Crippen LogP contribution >= 0.6 is 11.8 Å². The van der Waals surface area contributed by atoms with Crippen LogP contribution < -0.4 is 15.4 Å². The molecule has 1 unspecified atom stereocenters. The topological polar surface area (TPSA) is 50.6 Å². The van der Waals surface area contributed by atoms with E-state index in [0.717, 1.165) is 28.0 Å². The molecule has 1 atom stereocenters. The van der Waals surface area contributed by atoms with Gasteiger partial charge in [0.25, 0.3) is 0 Å². The number of aromatic nitrogens is 2. The largest absolute Gasteiger partial charge is 0.497 e. The highest BCUT2D eigenvalue weighted by Gasteiger charge is 2.15. The molecule has 22 heavy (non-hydrogen) atoms. The molecule has 6 heteroatoms. The lowest BCUT2D eigenvalue weighted by molar-refractivity contribution is 0.350. The molecule has 1 aromatic carbocycles. The molecule has 114 valence electrons. The van der Waals surface area contributed by atoms with Crippen molar-refractivity contribution in [3.05, 3.63) is 46.7 Å². The molecule has 0 amide bonds. The van der Waals surface area contributed by atoms with E-state index in [1.807, 2.05) is 31.6 Å². The van der Waals surface area contributed by atoms with Crippen molar-refractivity contribution in [2.75, 3.05) is 20.4 Å². The van der Waals surface area contributed by atoms with Gasteiger partial charge in [-0.2, -0.15) is 0 Å². The zero-order valence-electron chi connectivity index (χ0n) is 12.9. The van der Waals surface area contributed by atoms with E-state index in [2.05, 4.69) is 33.2 Å². The fourth-order valence-electron chi connectivity index (χ4n) is 2.36. The van der Waals surface area contributed by atoms with Crippen molar-refractivity contribution in [2.45, 2.75) is 17.7 Å². The van der Waals surface area contributed by atoms with E-state index in [1.165, 1.54) is 17.3 Å².